The van der Waals surface area contributed by atoms with Crippen LogP contribution in [0.15, 0.2) is 27.4 Å². The summed E-state index contributed by atoms with van der Waals surface area (Å²) in [5.74, 6) is 3.65. The number of furan rings is 1. The third-order valence-corrected chi connectivity index (χ3v) is 5.01. The van der Waals surface area contributed by atoms with E-state index >= 15 is 0 Å². The lowest BCUT2D eigenvalue weighted by Gasteiger charge is -2.32. The van der Waals surface area contributed by atoms with Crippen LogP contribution in [0, 0.1) is 13.8 Å². The van der Waals surface area contributed by atoms with Crippen molar-refractivity contribution in [3.8, 4) is 0 Å². The fourth-order valence-electron chi connectivity index (χ4n) is 3.50. The number of aryl methyl sites for hydroxylation is 2. The summed E-state index contributed by atoms with van der Waals surface area (Å²) in [7, 11) is 0. The van der Waals surface area contributed by atoms with Gasteiger partial charge in [-0.1, -0.05) is 6.92 Å². The van der Waals surface area contributed by atoms with Crippen molar-refractivity contribution in [1.29, 1.82) is 0 Å². The number of aromatic nitrogens is 2. The van der Waals surface area contributed by atoms with Crippen LogP contribution in [0.3, 0.4) is 0 Å². The molecule has 0 aliphatic carbocycles. The van der Waals surface area contributed by atoms with Crippen LogP contribution in [0.25, 0.3) is 0 Å². The van der Waals surface area contributed by atoms with Gasteiger partial charge in [0.25, 0.3) is 5.56 Å². The minimum atomic E-state index is -0.0394. The van der Waals surface area contributed by atoms with Gasteiger partial charge >= 0.3 is 0 Å². The number of hydrogen-bond acceptors (Lipinski definition) is 4. The van der Waals surface area contributed by atoms with Crippen LogP contribution in [0.4, 0.5) is 0 Å². The van der Waals surface area contributed by atoms with Crippen molar-refractivity contribution in [3.05, 3.63) is 51.6 Å². The first-order chi connectivity index (χ1) is 11.5. The number of rotatable bonds is 5. The van der Waals surface area contributed by atoms with Crippen molar-refractivity contribution in [3.63, 3.8) is 0 Å². The van der Waals surface area contributed by atoms with Gasteiger partial charge in [0.05, 0.1) is 5.69 Å². The summed E-state index contributed by atoms with van der Waals surface area (Å²) >= 11 is 0. The number of nitrogens with one attached hydrogen (secondary N) is 1. The van der Waals surface area contributed by atoms with Gasteiger partial charge < -0.3 is 14.3 Å². The van der Waals surface area contributed by atoms with Gasteiger partial charge in [-0.3, -0.25) is 4.79 Å². The molecule has 0 saturated carbocycles. The van der Waals surface area contributed by atoms with Crippen LogP contribution in [0.1, 0.15) is 61.1 Å². The van der Waals surface area contributed by atoms with E-state index < -0.39 is 0 Å². The molecule has 0 amide bonds. The molecular weight excluding hydrogens is 302 g/mol. The van der Waals surface area contributed by atoms with E-state index in [0.29, 0.717) is 17.7 Å². The third-order valence-electron chi connectivity index (χ3n) is 5.01. The maximum Gasteiger partial charge on any atom is 0.251 e. The lowest BCUT2D eigenvalue weighted by atomic mass is 9.92. The van der Waals surface area contributed by atoms with Gasteiger partial charge in [0.15, 0.2) is 0 Å². The quantitative estimate of drug-likeness (QED) is 0.914. The summed E-state index contributed by atoms with van der Waals surface area (Å²) in [4.78, 5) is 21.4. The van der Waals surface area contributed by atoms with Crippen molar-refractivity contribution in [1.82, 2.24) is 14.9 Å². The topological polar surface area (TPSA) is 62.1 Å². The molecule has 24 heavy (non-hydrogen) atoms. The maximum atomic E-state index is 11.6. The number of hydrogen-bond donors (Lipinski definition) is 1. The van der Waals surface area contributed by atoms with E-state index in [0.717, 1.165) is 56.1 Å². The Hall–Kier alpha value is -1.88. The molecule has 1 fully saturated rings. The molecule has 0 radical (unpaired) electrons. The minimum Gasteiger partial charge on any atom is -0.466 e. The molecule has 0 bridgehead atoms. The van der Waals surface area contributed by atoms with Gasteiger partial charge in [-0.25, -0.2) is 4.98 Å². The second-order valence-corrected chi connectivity index (χ2v) is 7.01. The monoisotopic (exact) mass is 329 g/mol. The number of aromatic amines is 1. The van der Waals surface area contributed by atoms with E-state index in [1.54, 1.807) is 6.07 Å². The van der Waals surface area contributed by atoms with Crippen LogP contribution in [-0.4, -0.2) is 34.5 Å². The van der Waals surface area contributed by atoms with Crippen LogP contribution in [0.5, 0.6) is 0 Å². The minimum absolute atomic E-state index is 0.0394. The van der Waals surface area contributed by atoms with Crippen molar-refractivity contribution >= 4 is 0 Å². The van der Waals surface area contributed by atoms with Crippen LogP contribution in [0.2, 0.25) is 0 Å². The molecule has 1 aliphatic rings. The highest BCUT2D eigenvalue weighted by molar-refractivity contribution is 5.11. The van der Waals surface area contributed by atoms with E-state index in [4.69, 9.17) is 4.42 Å². The lowest BCUT2D eigenvalue weighted by Crippen LogP contribution is -2.34. The summed E-state index contributed by atoms with van der Waals surface area (Å²) in [6.45, 7) is 9.30. The van der Waals surface area contributed by atoms with Gasteiger partial charge in [-0.05, 0) is 64.9 Å². The van der Waals surface area contributed by atoms with E-state index in [1.165, 1.54) is 0 Å². The Morgan fingerprint density at radius 2 is 2.08 bits per heavy atom. The largest absolute Gasteiger partial charge is 0.466 e. The van der Waals surface area contributed by atoms with E-state index in [-0.39, 0.29) is 5.56 Å². The molecular formula is C19H27N3O2. The first-order valence-electron chi connectivity index (χ1n) is 8.88. The zero-order valence-electron chi connectivity index (χ0n) is 14.8. The second kappa shape index (κ2) is 7.34. The molecule has 3 heterocycles. The summed E-state index contributed by atoms with van der Waals surface area (Å²) in [5, 5.41) is 0. The zero-order chi connectivity index (χ0) is 17.1. The number of nitrogens with zero attached hydrogens (tertiary/aromatic N) is 2. The van der Waals surface area contributed by atoms with Crippen molar-refractivity contribution in [2.24, 2.45) is 0 Å². The normalized spacial score (nSPS) is 18.0. The maximum absolute atomic E-state index is 11.6. The van der Waals surface area contributed by atoms with Gasteiger partial charge in [-0.15, -0.1) is 0 Å². The Morgan fingerprint density at radius 1 is 1.33 bits per heavy atom. The standard InChI is InChI=1S/C19H27N3O2/c1-13(18-5-4-14(2)24-18)6-9-22-10-7-16(8-11-22)17-12-19(23)21-15(3)20-17/h4-5,12-13,16H,6-11H2,1-3H3,(H,20,21,23). The van der Waals surface area contributed by atoms with E-state index in [1.807, 2.05) is 19.9 Å². The lowest BCUT2D eigenvalue weighted by molar-refractivity contribution is 0.203. The Labute approximate surface area is 143 Å². The van der Waals surface area contributed by atoms with Crippen LogP contribution < -0.4 is 5.56 Å². The van der Waals surface area contributed by atoms with Crippen LogP contribution >= 0.6 is 0 Å². The number of piperidine rings is 1. The fourth-order valence-corrected chi connectivity index (χ4v) is 3.50. The number of likely N-dealkylation sites (tertiary alicyclic amines) is 1. The number of H-pyrrole nitrogens is 1. The predicted molar refractivity (Wildman–Crippen MR) is 94.5 cm³/mol. The van der Waals surface area contributed by atoms with E-state index in [2.05, 4.69) is 27.9 Å². The van der Waals surface area contributed by atoms with Gasteiger partial charge in [0.2, 0.25) is 0 Å². The van der Waals surface area contributed by atoms with Crippen LogP contribution in [-0.2, 0) is 0 Å². The van der Waals surface area contributed by atoms with Gasteiger partial charge in [0.1, 0.15) is 17.3 Å². The molecule has 130 valence electrons. The fraction of sp³-hybridized carbons (Fsp3) is 0.579. The highest BCUT2D eigenvalue weighted by atomic mass is 16.3. The highest BCUT2D eigenvalue weighted by Crippen LogP contribution is 2.27. The highest BCUT2D eigenvalue weighted by Gasteiger charge is 2.22. The Bertz CT molecular complexity index is 726. The van der Waals surface area contributed by atoms with Crippen molar-refractivity contribution in [2.45, 2.75) is 51.9 Å². The smallest absolute Gasteiger partial charge is 0.251 e. The van der Waals surface area contributed by atoms with Gasteiger partial charge in [-0.2, -0.15) is 0 Å². The Morgan fingerprint density at radius 3 is 2.71 bits per heavy atom. The molecule has 1 N–H and O–H groups in total. The van der Waals surface area contributed by atoms with Gasteiger partial charge in [0, 0.05) is 17.9 Å². The molecule has 1 atom stereocenters. The summed E-state index contributed by atoms with van der Waals surface area (Å²) in [6, 6.07) is 5.79. The molecule has 1 saturated heterocycles. The molecule has 0 spiro atoms. The van der Waals surface area contributed by atoms with Crippen molar-refractivity contribution < 1.29 is 4.42 Å². The van der Waals surface area contributed by atoms with E-state index in [9.17, 15) is 4.79 Å². The molecule has 5 heteroatoms. The zero-order valence-corrected chi connectivity index (χ0v) is 14.8. The molecule has 5 nitrogen and oxygen atoms in total. The molecule has 2 aromatic rings. The van der Waals surface area contributed by atoms with Crippen molar-refractivity contribution in [2.75, 3.05) is 19.6 Å². The Balaban J connectivity index is 1.49. The third kappa shape index (κ3) is 4.15. The first-order valence-corrected chi connectivity index (χ1v) is 8.88. The molecule has 0 aromatic carbocycles. The molecule has 2 aromatic heterocycles. The first kappa shape index (κ1) is 17.0. The second-order valence-electron chi connectivity index (χ2n) is 7.01. The summed E-state index contributed by atoms with van der Waals surface area (Å²) in [5.41, 5.74) is 0.915. The SMILES string of the molecule is Cc1nc(C2CCN(CCC(C)c3ccc(C)o3)CC2)cc(=O)[nH]1. The summed E-state index contributed by atoms with van der Waals surface area (Å²) in [6.07, 6.45) is 3.26. The average molecular weight is 329 g/mol. The molecule has 1 aliphatic heterocycles. The predicted octanol–water partition coefficient (Wildman–Crippen LogP) is 3.35. The Kier molecular flexibility index (Phi) is 5.19. The summed E-state index contributed by atoms with van der Waals surface area (Å²) < 4.78 is 5.72. The molecule has 1 unspecified atom stereocenters. The molecule has 3 rings (SSSR count). The average Bonchev–Trinajstić information content (AvgIpc) is 2.99.